The normalized spacial score (nSPS) is 31.2. The van der Waals surface area contributed by atoms with Crippen molar-refractivity contribution in [3.05, 3.63) is 11.8 Å². The number of aryl methyl sites for hydroxylation is 1. The van der Waals surface area contributed by atoms with E-state index in [9.17, 15) is 4.79 Å². The summed E-state index contributed by atoms with van der Waals surface area (Å²) in [5.41, 5.74) is 1.11. The lowest BCUT2D eigenvalue weighted by Gasteiger charge is -2.58. The van der Waals surface area contributed by atoms with Gasteiger partial charge in [0.25, 0.3) is 0 Å². The van der Waals surface area contributed by atoms with Gasteiger partial charge in [0, 0.05) is 62.0 Å². The molecule has 1 aromatic rings. The molecule has 212 valence electrons. The highest BCUT2D eigenvalue weighted by molar-refractivity contribution is 5.69. The van der Waals surface area contributed by atoms with Gasteiger partial charge < -0.3 is 24.0 Å². The summed E-state index contributed by atoms with van der Waals surface area (Å²) < 4.78 is 19.7. The van der Waals surface area contributed by atoms with Crippen molar-refractivity contribution in [3.63, 3.8) is 0 Å². The number of carbonyl (C=O) groups is 1. The van der Waals surface area contributed by atoms with E-state index in [1.54, 1.807) is 0 Å². The molecule has 4 aliphatic heterocycles. The molecule has 3 atom stereocenters. The first-order valence-corrected chi connectivity index (χ1v) is 14.7. The van der Waals surface area contributed by atoms with Crippen LogP contribution in [0.4, 0.5) is 10.6 Å². The van der Waals surface area contributed by atoms with E-state index in [4.69, 9.17) is 19.3 Å². The molecule has 38 heavy (non-hydrogen) atoms. The predicted octanol–water partition coefficient (Wildman–Crippen LogP) is 3.86. The summed E-state index contributed by atoms with van der Waals surface area (Å²) in [5, 5.41) is 5.15. The zero-order valence-electron chi connectivity index (χ0n) is 24.2. The molecule has 6 rings (SSSR count). The first-order chi connectivity index (χ1) is 17.9. The van der Waals surface area contributed by atoms with Crippen molar-refractivity contribution in [2.24, 2.45) is 11.3 Å². The van der Waals surface area contributed by atoms with Crippen LogP contribution >= 0.6 is 0 Å². The maximum atomic E-state index is 12.4. The maximum Gasteiger partial charge on any atom is 0.410 e. The Bertz CT molecular complexity index is 1020. The number of hydrogen-bond donors (Lipinski definition) is 0. The number of anilines is 1. The van der Waals surface area contributed by atoms with Crippen LogP contribution in [-0.4, -0.2) is 102 Å². The second-order valence-corrected chi connectivity index (χ2v) is 14.3. The average Bonchev–Trinajstić information content (AvgIpc) is 3.32. The number of amides is 1. The molecule has 9 nitrogen and oxygen atoms in total. The summed E-state index contributed by atoms with van der Waals surface area (Å²) in [5.74, 6) is 1.80. The predicted molar refractivity (Wildman–Crippen MR) is 146 cm³/mol. The van der Waals surface area contributed by atoms with Crippen molar-refractivity contribution < 1.29 is 19.0 Å². The third-order valence-corrected chi connectivity index (χ3v) is 9.41. The van der Waals surface area contributed by atoms with E-state index in [0.717, 1.165) is 71.1 Å². The molecule has 1 aliphatic carbocycles. The smallest absolute Gasteiger partial charge is 0.410 e. The zero-order valence-corrected chi connectivity index (χ0v) is 24.2. The number of nitrogens with zero attached hydrogens (tertiary/aromatic N) is 5. The van der Waals surface area contributed by atoms with E-state index in [-0.39, 0.29) is 29.3 Å². The molecule has 1 aromatic heterocycles. The fourth-order valence-corrected chi connectivity index (χ4v) is 7.73. The Labute approximate surface area is 227 Å². The first kappa shape index (κ1) is 26.4. The molecule has 5 fully saturated rings. The lowest BCUT2D eigenvalue weighted by Crippen LogP contribution is -2.64. The standard InChI is InChI=1S/C29H47N5O4/c1-20-11-25(30-34(20)22-13-29(14-22)18-32(19-29)26(35)38-27(2,3)4)33-8-7-21(12-28(33,5)6)15-31-16-23-24(17-31)37-10-9-36-23/h11,21-24H,7-10,12-19H2,1-6H3/t21?,23-,24+. The van der Waals surface area contributed by atoms with Crippen LogP contribution < -0.4 is 4.90 Å². The van der Waals surface area contributed by atoms with Crippen LogP contribution in [0.5, 0.6) is 0 Å². The second-order valence-electron chi connectivity index (χ2n) is 14.3. The van der Waals surface area contributed by atoms with Gasteiger partial charge in [0.05, 0.1) is 31.5 Å². The Morgan fingerprint density at radius 1 is 1.11 bits per heavy atom. The number of piperidine rings is 1. The van der Waals surface area contributed by atoms with Gasteiger partial charge in [-0.2, -0.15) is 5.10 Å². The van der Waals surface area contributed by atoms with Crippen LogP contribution in [-0.2, 0) is 14.2 Å². The van der Waals surface area contributed by atoms with Crippen LogP contribution in [0.3, 0.4) is 0 Å². The van der Waals surface area contributed by atoms with Crippen molar-refractivity contribution >= 4 is 11.9 Å². The lowest BCUT2D eigenvalue weighted by atomic mass is 9.61. The molecule has 9 heteroatoms. The minimum Gasteiger partial charge on any atom is -0.444 e. The number of fused-ring (bicyclic) bond motifs is 1. The summed E-state index contributed by atoms with van der Waals surface area (Å²) in [6.45, 7) is 20.0. The van der Waals surface area contributed by atoms with E-state index >= 15 is 0 Å². The molecule has 1 saturated carbocycles. The molecule has 0 radical (unpaired) electrons. The Balaban J connectivity index is 1.02. The molecular formula is C29H47N5O4. The molecule has 1 spiro atoms. The summed E-state index contributed by atoms with van der Waals surface area (Å²) >= 11 is 0. The number of ether oxygens (including phenoxy) is 3. The molecular weight excluding hydrogens is 482 g/mol. The van der Waals surface area contributed by atoms with Crippen molar-refractivity contribution in [1.29, 1.82) is 0 Å². The minimum atomic E-state index is -0.441. The van der Waals surface area contributed by atoms with Gasteiger partial charge in [0.2, 0.25) is 0 Å². The number of hydrogen-bond acceptors (Lipinski definition) is 7. The second kappa shape index (κ2) is 9.37. The zero-order chi connectivity index (χ0) is 26.9. The number of aromatic nitrogens is 2. The monoisotopic (exact) mass is 529 g/mol. The Morgan fingerprint density at radius 3 is 2.37 bits per heavy atom. The van der Waals surface area contributed by atoms with Gasteiger partial charge in [-0.15, -0.1) is 0 Å². The molecule has 5 heterocycles. The highest BCUT2D eigenvalue weighted by atomic mass is 16.6. The fourth-order valence-electron chi connectivity index (χ4n) is 7.73. The Kier molecular flexibility index (Phi) is 6.51. The van der Waals surface area contributed by atoms with Gasteiger partial charge in [-0.25, -0.2) is 4.79 Å². The van der Waals surface area contributed by atoms with Crippen molar-refractivity contribution in [1.82, 2.24) is 19.6 Å². The first-order valence-electron chi connectivity index (χ1n) is 14.7. The summed E-state index contributed by atoms with van der Waals surface area (Å²) in [7, 11) is 0. The summed E-state index contributed by atoms with van der Waals surface area (Å²) in [6, 6.07) is 2.70. The molecule has 1 amide bonds. The van der Waals surface area contributed by atoms with E-state index in [1.165, 1.54) is 18.5 Å². The topological polar surface area (TPSA) is 72.3 Å². The highest BCUT2D eigenvalue weighted by Crippen LogP contribution is 2.54. The van der Waals surface area contributed by atoms with Crippen LogP contribution in [0.1, 0.15) is 72.0 Å². The minimum absolute atomic E-state index is 0.0662. The quantitative estimate of drug-likeness (QED) is 0.587. The molecule has 5 aliphatic rings. The van der Waals surface area contributed by atoms with Gasteiger partial charge >= 0.3 is 6.09 Å². The van der Waals surface area contributed by atoms with Crippen LogP contribution in [0.25, 0.3) is 0 Å². The Hall–Kier alpha value is -1.84. The van der Waals surface area contributed by atoms with E-state index in [0.29, 0.717) is 12.0 Å². The van der Waals surface area contributed by atoms with E-state index < -0.39 is 5.60 Å². The fraction of sp³-hybridized carbons (Fsp3) is 0.862. The number of likely N-dealkylation sites (tertiary alicyclic amines) is 2. The SMILES string of the molecule is Cc1cc(N2CCC(CN3C[C@@H]4OCCO[C@@H]4C3)CC2(C)C)nn1C1CC2(C1)CN(C(=O)OC(C)(C)C)C2. The van der Waals surface area contributed by atoms with Crippen molar-refractivity contribution in [3.8, 4) is 0 Å². The van der Waals surface area contributed by atoms with Gasteiger partial charge in [-0.1, -0.05) is 0 Å². The van der Waals surface area contributed by atoms with Gasteiger partial charge in [-0.05, 0) is 73.1 Å². The van der Waals surface area contributed by atoms with Crippen LogP contribution in [0, 0.1) is 18.3 Å². The third kappa shape index (κ3) is 5.06. The molecule has 4 saturated heterocycles. The highest BCUT2D eigenvalue weighted by Gasteiger charge is 2.55. The molecule has 0 aromatic carbocycles. The molecule has 0 N–H and O–H groups in total. The van der Waals surface area contributed by atoms with Crippen molar-refractivity contribution in [2.75, 3.05) is 57.4 Å². The Morgan fingerprint density at radius 2 is 1.76 bits per heavy atom. The lowest BCUT2D eigenvalue weighted by molar-refractivity contribution is -0.116. The average molecular weight is 530 g/mol. The largest absolute Gasteiger partial charge is 0.444 e. The maximum absolute atomic E-state index is 12.4. The molecule has 1 unspecified atom stereocenters. The van der Waals surface area contributed by atoms with Crippen LogP contribution in [0.15, 0.2) is 6.07 Å². The van der Waals surface area contributed by atoms with E-state index in [1.807, 2.05) is 25.7 Å². The third-order valence-electron chi connectivity index (χ3n) is 9.41. The summed E-state index contributed by atoms with van der Waals surface area (Å²) in [4.78, 5) is 19.3. The van der Waals surface area contributed by atoms with Gasteiger partial charge in [0.1, 0.15) is 5.60 Å². The van der Waals surface area contributed by atoms with E-state index in [2.05, 4.69) is 41.3 Å². The van der Waals surface area contributed by atoms with Crippen molar-refractivity contribution in [2.45, 2.75) is 96.6 Å². The summed E-state index contributed by atoms with van der Waals surface area (Å²) in [6.07, 6.45) is 4.87. The molecule has 0 bridgehead atoms. The van der Waals surface area contributed by atoms with Gasteiger partial charge in [0.15, 0.2) is 5.82 Å². The number of carbonyl (C=O) groups excluding carboxylic acids is 1. The number of rotatable bonds is 4. The van der Waals surface area contributed by atoms with Gasteiger partial charge in [-0.3, -0.25) is 9.58 Å². The van der Waals surface area contributed by atoms with Crippen LogP contribution in [0.2, 0.25) is 0 Å².